The predicted molar refractivity (Wildman–Crippen MR) is 70.1 cm³/mol. The molecule has 3 atom stereocenters. The lowest BCUT2D eigenvalue weighted by atomic mass is 9.85. The van der Waals surface area contributed by atoms with Crippen LogP contribution in [-0.2, 0) is 4.79 Å². The molecule has 3 N–H and O–H groups in total. The number of amides is 1. The van der Waals surface area contributed by atoms with Gasteiger partial charge in [0.15, 0.2) is 0 Å². The lowest BCUT2D eigenvalue weighted by Crippen LogP contribution is -2.53. The van der Waals surface area contributed by atoms with E-state index in [2.05, 4.69) is 10.6 Å². The SMILES string of the molecule is O=C(NC1CCCCC1CO)C1CSCCN1. The van der Waals surface area contributed by atoms with Crippen LogP contribution in [0.5, 0.6) is 0 Å². The Hall–Kier alpha value is -0.260. The minimum Gasteiger partial charge on any atom is -0.396 e. The number of nitrogens with one attached hydrogen (secondary N) is 2. The molecule has 5 heteroatoms. The molecule has 2 fully saturated rings. The molecule has 1 heterocycles. The van der Waals surface area contributed by atoms with Crippen LogP contribution in [0.25, 0.3) is 0 Å². The molecule has 98 valence electrons. The third kappa shape index (κ3) is 3.60. The first-order chi connectivity index (χ1) is 8.31. The second kappa shape index (κ2) is 6.61. The molecule has 0 aromatic carbocycles. The zero-order valence-corrected chi connectivity index (χ0v) is 11.0. The Balaban J connectivity index is 1.83. The predicted octanol–water partition coefficient (Wildman–Crippen LogP) is 0.359. The molecule has 1 aliphatic heterocycles. The molecule has 0 bridgehead atoms. The Bertz CT molecular complexity index is 257. The molecule has 2 rings (SSSR count). The average Bonchev–Trinajstić information content (AvgIpc) is 2.40. The number of aliphatic hydroxyl groups is 1. The Morgan fingerprint density at radius 1 is 1.41 bits per heavy atom. The van der Waals surface area contributed by atoms with Gasteiger partial charge in [-0.2, -0.15) is 11.8 Å². The van der Waals surface area contributed by atoms with Gasteiger partial charge in [0.05, 0.1) is 6.04 Å². The van der Waals surface area contributed by atoms with Gasteiger partial charge in [0.1, 0.15) is 0 Å². The molecule has 1 saturated carbocycles. The van der Waals surface area contributed by atoms with Gasteiger partial charge in [-0.15, -0.1) is 0 Å². The Labute approximate surface area is 107 Å². The van der Waals surface area contributed by atoms with Crippen LogP contribution in [0, 0.1) is 5.92 Å². The van der Waals surface area contributed by atoms with Crippen molar-refractivity contribution in [3.63, 3.8) is 0 Å². The molecule has 1 amide bonds. The zero-order valence-electron chi connectivity index (χ0n) is 10.2. The topological polar surface area (TPSA) is 61.4 Å². The van der Waals surface area contributed by atoms with Crippen molar-refractivity contribution in [1.82, 2.24) is 10.6 Å². The third-order valence-corrected chi connectivity index (χ3v) is 4.77. The van der Waals surface area contributed by atoms with Crippen LogP contribution in [0.4, 0.5) is 0 Å². The maximum atomic E-state index is 12.1. The van der Waals surface area contributed by atoms with Crippen LogP contribution in [0.1, 0.15) is 25.7 Å². The molecule has 4 nitrogen and oxygen atoms in total. The van der Waals surface area contributed by atoms with Crippen molar-refractivity contribution in [3.8, 4) is 0 Å². The van der Waals surface area contributed by atoms with Crippen molar-refractivity contribution >= 4 is 17.7 Å². The van der Waals surface area contributed by atoms with Crippen LogP contribution in [-0.4, -0.2) is 47.8 Å². The zero-order chi connectivity index (χ0) is 12.1. The summed E-state index contributed by atoms with van der Waals surface area (Å²) in [5.41, 5.74) is 0. The van der Waals surface area contributed by atoms with E-state index in [9.17, 15) is 9.90 Å². The highest BCUT2D eigenvalue weighted by atomic mass is 32.2. The van der Waals surface area contributed by atoms with Gasteiger partial charge in [0, 0.05) is 36.6 Å². The fraction of sp³-hybridized carbons (Fsp3) is 0.917. The van der Waals surface area contributed by atoms with E-state index in [0.29, 0.717) is 0 Å². The molecular weight excluding hydrogens is 236 g/mol. The Kier molecular flexibility index (Phi) is 5.13. The van der Waals surface area contributed by atoms with Gasteiger partial charge in [-0.3, -0.25) is 4.79 Å². The van der Waals surface area contributed by atoms with Crippen molar-refractivity contribution < 1.29 is 9.90 Å². The van der Waals surface area contributed by atoms with Crippen LogP contribution >= 0.6 is 11.8 Å². The first-order valence-corrected chi connectivity index (χ1v) is 7.69. The lowest BCUT2D eigenvalue weighted by molar-refractivity contribution is -0.124. The number of hydrogen-bond acceptors (Lipinski definition) is 4. The van der Waals surface area contributed by atoms with Gasteiger partial charge >= 0.3 is 0 Å². The van der Waals surface area contributed by atoms with E-state index < -0.39 is 0 Å². The molecule has 1 saturated heterocycles. The van der Waals surface area contributed by atoms with Gasteiger partial charge in [-0.05, 0) is 12.8 Å². The van der Waals surface area contributed by atoms with Crippen LogP contribution < -0.4 is 10.6 Å². The standard InChI is InChI=1S/C12H22N2O2S/c15-7-9-3-1-2-4-10(9)14-12(16)11-8-17-6-5-13-11/h9-11,13,15H,1-8H2,(H,14,16). The fourth-order valence-electron chi connectivity index (χ4n) is 2.63. The van der Waals surface area contributed by atoms with Crippen molar-refractivity contribution in [3.05, 3.63) is 0 Å². The molecule has 2 aliphatic rings. The number of rotatable bonds is 3. The summed E-state index contributed by atoms with van der Waals surface area (Å²) in [4.78, 5) is 12.1. The summed E-state index contributed by atoms with van der Waals surface area (Å²) >= 11 is 1.83. The number of thioether (sulfide) groups is 1. The van der Waals surface area contributed by atoms with E-state index in [1.807, 2.05) is 11.8 Å². The maximum Gasteiger partial charge on any atom is 0.238 e. The molecule has 1 aliphatic carbocycles. The largest absolute Gasteiger partial charge is 0.396 e. The van der Waals surface area contributed by atoms with Gasteiger partial charge in [-0.1, -0.05) is 12.8 Å². The minimum atomic E-state index is -0.0463. The highest BCUT2D eigenvalue weighted by molar-refractivity contribution is 7.99. The molecule has 3 unspecified atom stereocenters. The first kappa shape index (κ1) is 13.2. The molecule has 0 aromatic rings. The maximum absolute atomic E-state index is 12.1. The van der Waals surface area contributed by atoms with Gasteiger partial charge in [0.2, 0.25) is 5.91 Å². The van der Waals surface area contributed by atoms with Crippen LogP contribution in [0.2, 0.25) is 0 Å². The molecule has 0 aromatic heterocycles. The summed E-state index contributed by atoms with van der Waals surface area (Å²) in [6, 6.07) is 0.130. The van der Waals surface area contributed by atoms with Crippen LogP contribution in [0.15, 0.2) is 0 Å². The molecule has 17 heavy (non-hydrogen) atoms. The summed E-state index contributed by atoms with van der Waals surface area (Å²) in [6.07, 6.45) is 4.38. The van der Waals surface area contributed by atoms with Crippen molar-refractivity contribution in [2.24, 2.45) is 5.92 Å². The number of hydrogen-bond donors (Lipinski definition) is 3. The number of carbonyl (C=O) groups is 1. The monoisotopic (exact) mass is 258 g/mol. The molecular formula is C12H22N2O2S. The van der Waals surface area contributed by atoms with Crippen molar-refractivity contribution in [2.75, 3.05) is 24.7 Å². The van der Waals surface area contributed by atoms with Gasteiger partial charge < -0.3 is 15.7 Å². The minimum absolute atomic E-state index is 0.0463. The number of carbonyl (C=O) groups excluding carboxylic acids is 1. The lowest BCUT2D eigenvalue weighted by Gasteiger charge is -2.32. The quantitative estimate of drug-likeness (QED) is 0.684. The second-order valence-corrected chi connectivity index (χ2v) is 6.07. The summed E-state index contributed by atoms with van der Waals surface area (Å²) in [5.74, 6) is 2.32. The van der Waals surface area contributed by atoms with Gasteiger partial charge in [0.25, 0.3) is 0 Å². The van der Waals surface area contributed by atoms with Crippen molar-refractivity contribution in [1.29, 1.82) is 0 Å². The average molecular weight is 258 g/mol. The molecule has 0 spiro atoms. The Morgan fingerprint density at radius 2 is 2.24 bits per heavy atom. The van der Waals surface area contributed by atoms with E-state index in [1.165, 1.54) is 6.42 Å². The third-order valence-electron chi connectivity index (χ3n) is 3.71. The van der Waals surface area contributed by atoms with E-state index in [1.54, 1.807) is 0 Å². The van der Waals surface area contributed by atoms with Crippen molar-refractivity contribution in [2.45, 2.75) is 37.8 Å². The summed E-state index contributed by atoms with van der Waals surface area (Å²) in [7, 11) is 0. The van der Waals surface area contributed by atoms with E-state index >= 15 is 0 Å². The van der Waals surface area contributed by atoms with Crippen LogP contribution in [0.3, 0.4) is 0 Å². The normalized spacial score (nSPS) is 34.3. The van der Waals surface area contributed by atoms with E-state index in [0.717, 1.165) is 37.3 Å². The smallest absolute Gasteiger partial charge is 0.238 e. The fourth-order valence-corrected chi connectivity index (χ4v) is 3.57. The first-order valence-electron chi connectivity index (χ1n) is 6.53. The highest BCUT2D eigenvalue weighted by Crippen LogP contribution is 2.24. The molecule has 0 radical (unpaired) electrons. The van der Waals surface area contributed by atoms with Gasteiger partial charge in [-0.25, -0.2) is 0 Å². The highest BCUT2D eigenvalue weighted by Gasteiger charge is 2.29. The summed E-state index contributed by atoms with van der Waals surface area (Å²) in [6.45, 7) is 1.11. The number of aliphatic hydroxyl groups excluding tert-OH is 1. The summed E-state index contributed by atoms with van der Waals surface area (Å²) < 4.78 is 0. The Morgan fingerprint density at radius 3 is 2.94 bits per heavy atom. The van der Waals surface area contributed by atoms with E-state index in [-0.39, 0.29) is 30.5 Å². The summed E-state index contributed by atoms with van der Waals surface area (Å²) in [5, 5.41) is 15.7. The van der Waals surface area contributed by atoms with E-state index in [4.69, 9.17) is 0 Å². The second-order valence-electron chi connectivity index (χ2n) is 4.92.